The largest absolute Gasteiger partial charge is 0.352 e. The van der Waals surface area contributed by atoms with Crippen molar-refractivity contribution in [3.8, 4) is 11.1 Å². The van der Waals surface area contributed by atoms with Crippen LogP contribution < -0.4 is 9.80 Å². The number of aromatic nitrogens is 4. The molecular weight excluding hydrogens is 423 g/mol. The fourth-order valence-corrected chi connectivity index (χ4v) is 5.09. The predicted molar refractivity (Wildman–Crippen MR) is 119 cm³/mol. The molecule has 152 valence electrons. The third kappa shape index (κ3) is 3.46. The van der Waals surface area contributed by atoms with Crippen LogP contribution in [-0.2, 0) is 0 Å². The van der Waals surface area contributed by atoms with E-state index in [1.807, 2.05) is 13.0 Å². The van der Waals surface area contributed by atoms with Gasteiger partial charge in [0.15, 0.2) is 0 Å². The maximum atomic E-state index is 13.5. The molecule has 1 aliphatic heterocycles. The highest BCUT2D eigenvalue weighted by Gasteiger charge is 2.25. The predicted octanol–water partition coefficient (Wildman–Crippen LogP) is 4.58. The average molecular weight is 441 g/mol. The Morgan fingerprint density at radius 1 is 0.967 bits per heavy atom. The molecule has 1 aromatic carbocycles. The van der Waals surface area contributed by atoms with Gasteiger partial charge in [-0.1, -0.05) is 12.1 Å². The van der Waals surface area contributed by atoms with Gasteiger partial charge in [0.05, 0.1) is 5.39 Å². The third-order valence-corrected chi connectivity index (χ3v) is 6.40. The highest BCUT2D eigenvalue weighted by Crippen LogP contribution is 2.42. The molecule has 6 nitrogen and oxygen atoms in total. The molecule has 1 fully saturated rings. The van der Waals surface area contributed by atoms with Crippen LogP contribution >= 0.6 is 22.9 Å². The number of thiophene rings is 1. The Kier molecular flexibility index (Phi) is 4.96. The quantitative estimate of drug-likeness (QED) is 0.435. The van der Waals surface area contributed by atoms with Gasteiger partial charge in [-0.3, -0.25) is 0 Å². The molecule has 0 amide bonds. The van der Waals surface area contributed by atoms with Crippen molar-refractivity contribution in [3.63, 3.8) is 0 Å². The highest BCUT2D eigenvalue weighted by atomic mass is 35.5. The fraction of sp³-hybridized carbons (Fsp3) is 0.238. The highest BCUT2D eigenvalue weighted by molar-refractivity contribution is 7.19. The van der Waals surface area contributed by atoms with Crippen LogP contribution in [0.2, 0.25) is 5.28 Å². The molecule has 1 aliphatic rings. The smallest absolute Gasteiger partial charge is 0.225 e. The minimum Gasteiger partial charge on any atom is -0.352 e. The van der Waals surface area contributed by atoms with Crippen LogP contribution in [0.15, 0.2) is 42.7 Å². The summed E-state index contributed by atoms with van der Waals surface area (Å²) in [6.07, 6.45) is 3.51. The van der Waals surface area contributed by atoms with Crippen molar-refractivity contribution in [2.45, 2.75) is 6.92 Å². The maximum absolute atomic E-state index is 13.5. The number of aryl methyl sites for hydroxylation is 1. The Morgan fingerprint density at radius 2 is 1.63 bits per heavy atom. The minimum absolute atomic E-state index is 0.234. The van der Waals surface area contributed by atoms with E-state index in [4.69, 9.17) is 11.6 Å². The van der Waals surface area contributed by atoms with Gasteiger partial charge < -0.3 is 9.80 Å². The summed E-state index contributed by atoms with van der Waals surface area (Å²) < 4.78 is 13.5. The van der Waals surface area contributed by atoms with Gasteiger partial charge >= 0.3 is 0 Å². The molecule has 0 saturated carbocycles. The number of fused-ring (bicyclic) bond motifs is 1. The average Bonchev–Trinajstić information content (AvgIpc) is 3.10. The Labute approximate surface area is 182 Å². The van der Waals surface area contributed by atoms with E-state index in [1.165, 1.54) is 12.1 Å². The zero-order valence-corrected chi connectivity index (χ0v) is 17.8. The van der Waals surface area contributed by atoms with Crippen LogP contribution in [-0.4, -0.2) is 46.1 Å². The summed E-state index contributed by atoms with van der Waals surface area (Å²) in [6.45, 7) is 5.13. The van der Waals surface area contributed by atoms with E-state index in [-0.39, 0.29) is 11.1 Å². The van der Waals surface area contributed by atoms with E-state index in [0.29, 0.717) is 0 Å². The minimum atomic E-state index is -0.255. The van der Waals surface area contributed by atoms with Crippen molar-refractivity contribution in [1.29, 1.82) is 0 Å². The molecule has 0 spiro atoms. The zero-order chi connectivity index (χ0) is 20.7. The summed E-state index contributed by atoms with van der Waals surface area (Å²) in [4.78, 5) is 24.1. The molecule has 0 N–H and O–H groups in total. The first-order chi connectivity index (χ1) is 14.6. The lowest BCUT2D eigenvalue weighted by Crippen LogP contribution is -2.47. The number of halogens is 2. The van der Waals surface area contributed by atoms with Crippen LogP contribution in [0, 0.1) is 12.7 Å². The van der Waals surface area contributed by atoms with Crippen LogP contribution in [0.5, 0.6) is 0 Å². The fourth-order valence-electron chi connectivity index (χ4n) is 3.83. The monoisotopic (exact) mass is 440 g/mol. The number of anilines is 2. The second kappa shape index (κ2) is 7.77. The Hall–Kier alpha value is -2.84. The molecule has 5 rings (SSSR count). The molecule has 0 atom stereocenters. The van der Waals surface area contributed by atoms with Gasteiger partial charge in [-0.25, -0.2) is 19.3 Å². The standard InChI is InChI=1S/C21H18ClFN6S/c1-13-16(14-3-5-15(23)6-4-14)17-18(26-20(22)27-19(17)30-13)28-9-11-29(12-10-28)21-24-7-2-8-25-21/h2-8H,9-12H2,1H3. The lowest BCUT2D eigenvalue weighted by Gasteiger charge is -2.35. The summed E-state index contributed by atoms with van der Waals surface area (Å²) in [7, 11) is 0. The molecule has 9 heteroatoms. The van der Waals surface area contributed by atoms with E-state index in [2.05, 4.69) is 29.7 Å². The molecule has 4 heterocycles. The van der Waals surface area contributed by atoms with E-state index < -0.39 is 0 Å². The Bertz CT molecular complexity index is 1190. The molecule has 30 heavy (non-hydrogen) atoms. The van der Waals surface area contributed by atoms with Gasteiger partial charge in [-0.05, 0) is 42.3 Å². The van der Waals surface area contributed by atoms with Gasteiger partial charge in [0, 0.05) is 49.0 Å². The SMILES string of the molecule is Cc1sc2nc(Cl)nc(N3CCN(c4ncccn4)CC3)c2c1-c1ccc(F)cc1. The lowest BCUT2D eigenvalue weighted by molar-refractivity contribution is 0.628. The molecule has 3 aromatic heterocycles. The summed E-state index contributed by atoms with van der Waals surface area (Å²) in [6, 6.07) is 8.37. The van der Waals surface area contributed by atoms with Crippen LogP contribution in [0.25, 0.3) is 21.3 Å². The van der Waals surface area contributed by atoms with E-state index in [1.54, 1.807) is 35.9 Å². The molecule has 0 aliphatic carbocycles. The lowest BCUT2D eigenvalue weighted by atomic mass is 10.0. The second-order valence-corrected chi connectivity index (χ2v) is 8.60. The molecule has 0 unspecified atom stereocenters. The third-order valence-electron chi connectivity index (χ3n) is 5.23. The first-order valence-electron chi connectivity index (χ1n) is 9.59. The number of rotatable bonds is 3. The second-order valence-electron chi connectivity index (χ2n) is 7.06. The maximum Gasteiger partial charge on any atom is 0.225 e. The molecule has 0 bridgehead atoms. The summed E-state index contributed by atoms with van der Waals surface area (Å²) >= 11 is 7.85. The van der Waals surface area contributed by atoms with Crippen LogP contribution in [0.1, 0.15) is 4.88 Å². The van der Waals surface area contributed by atoms with Gasteiger partial charge in [0.25, 0.3) is 0 Å². The number of piperazine rings is 1. The van der Waals surface area contributed by atoms with Gasteiger partial charge in [-0.15, -0.1) is 11.3 Å². The van der Waals surface area contributed by atoms with Crippen LogP contribution in [0.4, 0.5) is 16.2 Å². The van der Waals surface area contributed by atoms with Crippen molar-refractivity contribution in [1.82, 2.24) is 19.9 Å². The van der Waals surface area contributed by atoms with Crippen LogP contribution in [0.3, 0.4) is 0 Å². The molecule has 0 radical (unpaired) electrons. The summed E-state index contributed by atoms with van der Waals surface area (Å²) in [5, 5.41) is 1.20. The first-order valence-corrected chi connectivity index (χ1v) is 10.8. The Balaban J connectivity index is 1.54. The van der Waals surface area contributed by atoms with Crippen molar-refractivity contribution >= 4 is 44.9 Å². The normalized spacial score (nSPS) is 14.5. The number of hydrogen-bond acceptors (Lipinski definition) is 7. The Morgan fingerprint density at radius 3 is 2.33 bits per heavy atom. The topological polar surface area (TPSA) is 58.0 Å². The van der Waals surface area contributed by atoms with Crippen molar-refractivity contribution < 1.29 is 4.39 Å². The van der Waals surface area contributed by atoms with E-state index in [9.17, 15) is 4.39 Å². The van der Waals surface area contributed by atoms with Crippen molar-refractivity contribution in [2.24, 2.45) is 0 Å². The first kappa shape index (κ1) is 19.1. The van der Waals surface area contributed by atoms with E-state index in [0.717, 1.165) is 64.2 Å². The number of hydrogen-bond donors (Lipinski definition) is 0. The summed E-state index contributed by atoms with van der Waals surface area (Å²) in [5.41, 5.74) is 1.99. The van der Waals surface area contributed by atoms with Gasteiger partial charge in [-0.2, -0.15) is 4.98 Å². The molecular formula is C21H18ClFN6S. The number of nitrogens with zero attached hydrogens (tertiary/aromatic N) is 6. The summed E-state index contributed by atoms with van der Waals surface area (Å²) in [5.74, 6) is 1.30. The van der Waals surface area contributed by atoms with Gasteiger partial charge in [0.2, 0.25) is 11.2 Å². The van der Waals surface area contributed by atoms with E-state index >= 15 is 0 Å². The van der Waals surface area contributed by atoms with Gasteiger partial charge in [0.1, 0.15) is 16.5 Å². The zero-order valence-electron chi connectivity index (χ0n) is 16.2. The number of benzene rings is 1. The van der Waals surface area contributed by atoms with Crippen molar-refractivity contribution in [3.05, 3.63) is 58.7 Å². The van der Waals surface area contributed by atoms with Crippen molar-refractivity contribution in [2.75, 3.05) is 36.0 Å². The molecule has 1 saturated heterocycles. The molecule has 4 aromatic rings.